The van der Waals surface area contributed by atoms with E-state index in [9.17, 15) is 4.79 Å². The quantitative estimate of drug-likeness (QED) is 0.718. The van der Waals surface area contributed by atoms with Gasteiger partial charge in [-0.2, -0.15) is 0 Å². The summed E-state index contributed by atoms with van der Waals surface area (Å²) in [6, 6.07) is 7.46. The number of carbonyl (C=O) groups excluding carboxylic acids is 1. The highest BCUT2D eigenvalue weighted by Gasteiger charge is 2.19. The zero-order valence-electron chi connectivity index (χ0n) is 10.6. The third-order valence-electron chi connectivity index (χ3n) is 2.40. The Labute approximate surface area is 108 Å². The Bertz CT molecular complexity index is 374. The fourth-order valence-corrected chi connectivity index (χ4v) is 1.77. The van der Waals surface area contributed by atoms with Gasteiger partial charge in [-0.25, -0.2) is 0 Å². The van der Waals surface area contributed by atoms with Gasteiger partial charge in [0.25, 0.3) is 0 Å². The number of Topliss-reactive ketones (excluding diaryl/α,β-unsaturated/α-hetero) is 1. The van der Waals surface area contributed by atoms with Crippen molar-refractivity contribution in [3.05, 3.63) is 29.8 Å². The fourth-order valence-electron chi connectivity index (χ4n) is 1.43. The number of rotatable bonds is 6. The Balaban J connectivity index is 2.87. The Kier molecular flexibility index (Phi) is 5.49. The number of hydrogen-bond acceptors (Lipinski definition) is 2. The summed E-state index contributed by atoms with van der Waals surface area (Å²) in [5, 5.41) is -0.608. The summed E-state index contributed by atoms with van der Waals surface area (Å²) in [6.45, 7) is 6.60. The molecule has 0 N–H and O–H groups in total. The van der Waals surface area contributed by atoms with Gasteiger partial charge in [0.05, 0.1) is 6.61 Å². The molecule has 1 aromatic carbocycles. The van der Waals surface area contributed by atoms with Crippen LogP contribution in [0.1, 0.15) is 38.1 Å². The first kappa shape index (κ1) is 14.0. The largest absolute Gasteiger partial charge is 0.493 e. The molecule has 1 unspecified atom stereocenters. The van der Waals surface area contributed by atoms with E-state index in [1.54, 1.807) is 0 Å². The maximum atomic E-state index is 11.6. The molecule has 1 atom stereocenters. The standard InChI is InChI=1S/C14H19ClO2/c1-4-12(16)14(15)11-7-5-6-8-13(11)17-9-10(2)3/h5-8,10,14H,4,9H2,1-3H3. The molecule has 1 rings (SSSR count). The summed E-state index contributed by atoms with van der Waals surface area (Å²) >= 11 is 6.15. The van der Waals surface area contributed by atoms with Gasteiger partial charge < -0.3 is 4.74 Å². The van der Waals surface area contributed by atoms with E-state index < -0.39 is 5.38 Å². The number of alkyl halides is 1. The maximum absolute atomic E-state index is 11.6. The highest BCUT2D eigenvalue weighted by molar-refractivity contribution is 6.31. The van der Waals surface area contributed by atoms with Crippen molar-refractivity contribution in [1.82, 2.24) is 0 Å². The lowest BCUT2D eigenvalue weighted by Crippen LogP contribution is -2.10. The highest BCUT2D eigenvalue weighted by atomic mass is 35.5. The van der Waals surface area contributed by atoms with Gasteiger partial charge in [0.1, 0.15) is 11.1 Å². The van der Waals surface area contributed by atoms with E-state index >= 15 is 0 Å². The minimum absolute atomic E-state index is 0.0206. The molecule has 0 spiro atoms. The van der Waals surface area contributed by atoms with Crippen LogP contribution in [0.3, 0.4) is 0 Å². The van der Waals surface area contributed by atoms with E-state index in [0.29, 0.717) is 24.7 Å². The van der Waals surface area contributed by atoms with Crippen LogP contribution < -0.4 is 4.74 Å². The van der Waals surface area contributed by atoms with Crippen LogP contribution in [-0.2, 0) is 4.79 Å². The second-order valence-corrected chi connectivity index (χ2v) is 4.86. The summed E-state index contributed by atoms with van der Waals surface area (Å²) in [4.78, 5) is 11.6. The van der Waals surface area contributed by atoms with Crippen molar-refractivity contribution < 1.29 is 9.53 Å². The molecule has 17 heavy (non-hydrogen) atoms. The number of hydrogen-bond donors (Lipinski definition) is 0. The van der Waals surface area contributed by atoms with E-state index in [1.165, 1.54) is 0 Å². The summed E-state index contributed by atoms with van der Waals surface area (Å²) in [5.74, 6) is 1.17. The Morgan fingerprint density at radius 2 is 2.00 bits per heavy atom. The Morgan fingerprint density at radius 3 is 2.59 bits per heavy atom. The van der Waals surface area contributed by atoms with Gasteiger partial charge in [0, 0.05) is 12.0 Å². The first-order valence-corrected chi connectivity index (χ1v) is 6.38. The predicted octanol–water partition coefficient (Wildman–Crippen LogP) is 3.98. The molecule has 0 aromatic heterocycles. The summed E-state index contributed by atoms with van der Waals surface area (Å²) < 4.78 is 5.68. The molecule has 0 saturated carbocycles. The van der Waals surface area contributed by atoms with Crippen LogP contribution in [0.15, 0.2) is 24.3 Å². The minimum atomic E-state index is -0.608. The molecule has 0 amide bonds. The van der Waals surface area contributed by atoms with Gasteiger partial charge in [-0.3, -0.25) is 4.79 Å². The second-order valence-electron chi connectivity index (χ2n) is 4.43. The molecule has 94 valence electrons. The summed E-state index contributed by atoms with van der Waals surface area (Å²) in [6.07, 6.45) is 0.437. The third kappa shape index (κ3) is 4.04. The van der Waals surface area contributed by atoms with Crippen LogP contribution in [0.25, 0.3) is 0 Å². The van der Waals surface area contributed by atoms with Crippen LogP contribution in [0.4, 0.5) is 0 Å². The molecule has 1 aromatic rings. The van der Waals surface area contributed by atoms with Crippen LogP contribution >= 0.6 is 11.6 Å². The lowest BCUT2D eigenvalue weighted by atomic mass is 10.1. The maximum Gasteiger partial charge on any atom is 0.155 e. The molecule has 0 aliphatic heterocycles. The minimum Gasteiger partial charge on any atom is -0.493 e. The molecule has 0 saturated heterocycles. The second kappa shape index (κ2) is 6.65. The van der Waals surface area contributed by atoms with Crippen molar-refractivity contribution in [3.63, 3.8) is 0 Å². The van der Waals surface area contributed by atoms with Crippen LogP contribution in [0, 0.1) is 5.92 Å². The molecule has 0 radical (unpaired) electrons. The molecule has 0 aliphatic rings. The van der Waals surface area contributed by atoms with Crippen molar-refractivity contribution >= 4 is 17.4 Å². The topological polar surface area (TPSA) is 26.3 Å². The van der Waals surface area contributed by atoms with E-state index in [1.807, 2.05) is 31.2 Å². The van der Waals surface area contributed by atoms with Crippen molar-refractivity contribution in [1.29, 1.82) is 0 Å². The van der Waals surface area contributed by atoms with Gasteiger partial charge >= 0.3 is 0 Å². The molecule has 2 nitrogen and oxygen atoms in total. The van der Waals surface area contributed by atoms with Crippen molar-refractivity contribution in [2.45, 2.75) is 32.6 Å². The number of ketones is 1. The van der Waals surface area contributed by atoms with E-state index in [-0.39, 0.29) is 5.78 Å². The zero-order valence-corrected chi connectivity index (χ0v) is 11.3. The lowest BCUT2D eigenvalue weighted by Gasteiger charge is -2.15. The van der Waals surface area contributed by atoms with E-state index in [4.69, 9.17) is 16.3 Å². The van der Waals surface area contributed by atoms with Crippen LogP contribution in [-0.4, -0.2) is 12.4 Å². The number of halogens is 1. The Hall–Kier alpha value is -1.02. The monoisotopic (exact) mass is 254 g/mol. The lowest BCUT2D eigenvalue weighted by molar-refractivity contribution is -0.118. The van der Waals surface area contributed by atoms with E-state index in [0.717, 1.165) is 5.56 Å². The van der Waals surface area contributed by atoms with Crippen molar-refractivity contribution in [2.75, 3.05) is 6.61 Å². The fraction of sp³-hybridized carbons (Fsp3) is 0.500. The summed E-state index contributed by atoms with van der Waals surface area (Å²) in [5.41, 5.74) is 0.765. The van der Waals surface area contributed by atoms with Crippen LogP contribution in [0.2, 0.25) is 0 Å². The highest BCUT2D eigenvalue weighted by Crippen LogP contribution is 2.31. The summed E-state index contributed by atoms with van der Waals surface area (Å²) in [7, 11) is 0. The number of ether oxygens (including phenoxy) is 1. The molecule has 0 bridgehead atoms. The zero-order chi connectivity index (χ0) is 12.8. The average Bonchev–Trinajstić information content (AvgIpc) is 2.34. The number of carbonyl (C=O) groups is 1. The van der Waals surface area contributed by atoms with Crippen LogP contribution in [0.5, 0.6) is 5.75 Å². The van der Waals surface area contributed by atoms with Crippen molar-refractivity contribution in [2.24, 2.45) is 5.92 Å². The molecule has 0 aliphatic carbocycles. The Morgan fingerprint density at radius 1 is 1.35 bits per heavy atom. The van der Waals surface area contributed by atoms with Gasteiger partial charge in [-0.1, -0.05) is 39.0 Å². The van der Waals surface area contributed by atoms with Gasteiger partial charge in [-0.05, 0) is 12.0 Å². The van der Waals surface area contributed by atoms with Gasteiger partial charge in [-0.15, -0.1) is 11.6 Å². The molecule has 0 fully saturated rings. The predicted molar refractivity (Wildman–Crippen MR) is 70.7 cm³/mol. The van der Waals surface area contributed by atoms with Gasteiger partial charge in [0.15, 0.2) is 5.78 Å². The smallest absolute Gasteiger partial charge is 0.155 e. The normalized spacial score (nSPS) is 12.5. The molecular formula is C14H19ClO2. The molecular weight excluding hydrogens is 236 g/mol. The molecule has 0 heterocycles. The van der Waals surface area contributed by atoms with Gasteiger partial charge in [0.2, 0.25) is 0 Å². The number of benzene rings is 1. The SMILES string of the molecule is CCC(=O)C(Cl)c1ccccc1OCC(C)C. The first-order chi connectivity index (χ1) is 8.06. The van der Waals surface area contributed by atoms with Crippen molar-refractivity contribution in [3.8, 4) is 5.75 Å². The first-order valence-electron chi connectivity index (χ1n) is 5.94. The molecule has 3 heteroatoms. The number of para-hydroxylation sites is 1. The third-order valence-corrected chi connectivity index (χ3v) is 2.87. The average molecular weight is 255 g/mol. The van der Waals surface area contributed by atoms with E-state index in [2.05, 4.69) is 13.8 Å².